The van der Waals surface area contributed by atoms with Crippen LogP contribution in [0.1, 0.15) is 6.42 Å². The largest absolute Gasteiger partial charge is 0.456 e. The van der Waals surface area contributed by atoms with Crippen molar-refractivity contribution in [1.82, 2.24) is 0 Å². The van der Waals surface area contributed by atoms with Crippen LogP contribution in [0.5, 0.6) is 0 Å². The minimum atomic E-state index is -3.88. The van der Waals surface area contributed by atoms with Gasteiger partial charge in [0.2, 0.25) is 10.0 Å². The lowest BCUT2D eigenvalue weighted by Crippen LogP contribution is -2.21. The average molecular weight is 412 g/mol. The first-order valence-corrected chi connectivity index (χ1v) is 10.2. The number of halogens is 1. The summed E-state index contributed by atoms with van der Waals surface area (Å²) >= 11 is 1.36. The maximum atomic E-state index is 12.8. The van der Waals surface area contributed by atoms with Crippen LogP contribution in [0.4, 0.5) is 10.1 Å². The van der Waals surface area contributed by atoms with Gasteiger partial charge in [-0.25, -0.2) is 17.9 Å². The van der Waals surface area contributed by atoms with Crippen LogP contribution in [0.15, 0.2) is 58.3 Å². The van der Waals surface area contributed by atoms with Crippen LogP contribution in [0.2, 0.25) is 0 Å². The Balaban J connectivity index is 1.73. The fraction of sp³-hybridized carbons (Fsp3) is 0.176. The Morgan fingerprint density at radius 3 is 2.52 bits per heavy atom. The monoisotopic (exact) mass is 412 g/mol. The number of nitrogens with one attached hydrogen (secondary N) is 1. The van der Waals surface area contributed by atoms with Gasteiger partial charge in [0.25, 0.3) is 5.91 Å². The Morgan fingerprint density at radius 1 is 1.15 bits per heavy atom. The number of nitrogens with two attached hydrogens (primary N) is 1. The molecule has 0 bridgehead atoms. The standard InChI is InChI=1S/C17H17FN2O5S2/c18-12-4-6-14(7-5-12)26-9-8-17(22)25-11-16(21)20-13-2-1-3-15(10-13)27(19,23)24/h1-7,10H,8-9,11H2,(H,20,21)(H2,19,23,24). The second kappa shape index (κ2) is 9.49. The van der Waals surface area contributed by atoms with E-state index in [1.807, 2.05) is 0 Å². The van der Waals surface area contributed by atoms with Gasteiger partial charge >= 0.3 is 5.97 Å². The maximum absolute atomic E-state index is 12.8. The normalized spacial score (nSPS) is 11.0. The van der Waals surface area contributed by atoms with Crippen molar-refractivity contribution in [2.24, 2.45) is 5.14 Å². The van der Waals surface area contributed by atoms with Gasteiger partial charge in [0.1, 0.15) is 5.82 Å². The zero-order chi connectivity index (χ0) is 19.9. The number of thioether (sulfide) groups is 1. The Morgan fingerprint density at radius 2 is 1.85 bits per heavy atom. The van der Waals surface area contributed by atoms with Gasteiger partial charge < -0.3 is 10.1 Å². The number of anilines is 1. The highest BCUT2D eigenvalue weighted by molar-refractivity contribution is 7.99. The average Bonchev–Trinajstić information content (AvgIpc) is 2.61. The summed E-state index contributed by atoms with van der Waals surface area (Å²) in [6.07, 6.45) is 0.0796. The molecule has 0 spiro atoms. The third kappa shape index (κ3) is 7.37. The van der Waals surface area contributed by atoms with Crippen molar-refractivity contribution in [2.45, 2.75) is 16.2 Å². The first kappa shape index (κ1) is 20.9. The third-order valence-corrected chi connectivity index (χ3v) is 5.12. The van der Waals surface area contributed by atoms with Crippen LogP contribution in [0.3, 0.4) is 0 Å². The number of sulfonamides is 1. The number of carbonyl (C=O) groups excluding carboxylic acids is 2. The van der Waals surface area contributed by atoms with Gasteiger partial charge in [0.15, 0.2) is 6.61 Å². The summed E-state index contributed by atoms with van der Waals surface area (Å²) in [5, 5.41) is 7.44. The molecule has 144 valence electrons. The quantitative estimate of drug-likeness (QED) is 0.507. The van der Waals surface area contributed by atoms with Gasteiger partial charge in [-0.2, -0.15) is 0 Å². The minimum Gasteiger partial charge on any atom is -0.456 e. The molecule has 27 heavy (non-hydrogen) atoms. The van der Waals surface area contributed by atoms with E-state index >= 15 is 0 Å². The molecule has 0 unspecified atom stereocenters. The van der Waals surface area contributed by atoms with Gasteiger partial charge in [-0.15, -0.1) is 11.8 Å². The summed E-state index contributed by atoms with van der Waals surface area (Å²) < 4.78 is 40.2. The van der Waals surface area contributed by atoms with Crippen LogP contribution in [-0.4, -0.2) is 32.7 Å². The molecule has 3 N–H and O–H groups in total. The van der Waals surface area contributed by atoms with Crippen LogP contribution in [-0.2, 0) is 24.3 Å². The Kier molecular flexibility index (Phi) is 7.34. The molecule has 2 rings (SSSR count). The van der Waals surface area contributed by atoms with E-state index in [2.05, 4.69) is 5.32 Å². The maximum Gasteiger partial charge on any atom is 0.307 e. The molecule has 0 fully saturated rings. The lowest BCUT2D eigenvalue weighted by atomic mass is 10.3. The topological polar surface area (TPSA) is 116 Å². The number of hydrogen-bond donors (Lipinski definition) is 2. The van der Waals surface area contributed by atoms with Crippen LogP contribution >= 0.6 is 11.8 Å². The van der Waals surface area contributed by atoms with Gasteiger partial charge in [-0.1, -0.05) is 6.07 Å². The van der Waals surface area contributed by atoms with E-state index < -0.39 is 28.5 Å². The third-order valence-electron chi connectivity index (χ3n) is 3.20. The molecule has 0 aliphatic carbocycles. The number of carbonyl (C=O) groups is 2. The van der Waals surface area contributed by atoms with Crippen molar-refractivity contribution in [1.29, 1.82) is 0 Å². The fourth-order valence-electron chi connectivity index (χ4n) is 1.95. The highest BCUT2D eigenvalue weighted by Crippen LogP contribution is 2.19. The van der Waals surface area contributed by atoms with E-state index in [1.165, 1.54) is 48.2 Å². The summed E-state index contributed by atoms with van der Waals surface area (Å²) in [6, 6.07) is 11.3. The first-order valence-electron chi connectivity index (χ1n) is 7.71. The molecule has 0 radical (unpaired) electrons. The van der Waals surface area contributed by atoms with Crippen molar-refractivity contribution in [3.63, 3.8) is 0 Å². The molecule has 2 aromatic carbocycles. The highest BCUT2D eigenvalue weighted by atomic mass is 32.2. The summed E-state index contributed by atoms with van der Waals surface area (Å²) in [5.74, 6) is -1.08. The van der Waals surface area contributed by atoms with Gasteiger partial charge in [-0.3, -0.25) is 9.59 Å². The SMILES string of the molecule is NS(=O)(=O)c1cccc(NC(=O)COC(=O)CCSc2ccc(F)cc2)c1. The Labute approximate surface area is 160 Å². The van der Waals surface area contributed by atoms with Crippen molar-refractivity contribution < 1.29 is 27.1 Å². The molecule has 1 amide bonds. The van der Waals surface area contributed by atoms with Crippen molar-refractivity contribution in [3.05, 3.63) is 54.3 Å². The molecule has 7 nitrogen and oxygen atoms in total. The van der Waals surface area contributed by atoms with Gasteiger partial charge in [0, 0.05) is 16.3 Å². The molecule has 0 saturated carbocycles. The van der Waals surface area contributed by atoms with E-state index in [-0.39, 0.29) is 22.8 Å². The molecule has 0 saturated heterocycles. The number of esters is 1. The van der Waals surface area contributed by atoms with E-state index in [0.29, 0.717) is 5.75 Å². The van der Waals surface area contributed by atoms with E-state index in [9.17, 15) is 22.4 Å². The summed E-state index contributed by atoms with van der Waals surface area (Å²) in [6.45, 7) is -0.500. The molecule has 0 aromatic heterocycles. The molecule has 0 aliphatic rings. The number of amides is 1. The molecule has 10 heteroatoms. The summed E-state index contributed by atoms with van der Waals surface area (Å²) in [4.78, 5) is 24.1. The van der Waals surface area contributed by atoms with Crippen LogP contribution in [0.25, 0.3) is 0 Å². The lowest BCUT2D eigenvalue weighted by Gasteiger charge is -2.08. The van der Waals surface area contributed by atoms with Crippen LogP contribution in [0, 0.1) is 5.82 Å². The van der Waals surface area contributed by atoms with E-state index in [0.717, 1.165) is 4.90 Å². The number of benzene rings is 2. The smallest absolute Gasteiger partial charge is 0.307 e. The minimum absolute atomic E-state index is 0.0796. The zero-order valence-corrected chi connectivity index (χ0v) is 15.7. The number of rotatable bonds is 8. The number of ether oxygens (including phenoxy) is 1. The second-order valence-corrected chi connectivity index (χ2v) is 8.06. The highest BCUT2D eigenvalue weighted by Gasteiger charge is 2.11. The second-order valence-electron chi connectivity index (χ2n) is 5.33. The van der Waals surface area contributed by atoms with E-state index in [4.69, 9.17) is 9.88 Å². The molecular formula is C17H17FN2O5S2. The zero-order valence-electron chi connectivity index (χ0n) is 14.1. The van der Waals surface area contributed by atoms with Crippen molar-refractivity contribution in [2.75, 3.05) is 17.7 Å². The summed E-state index contributed by atoms with van der Waals surface area (Å²) in [5.41, 5.74) is 0.217. The van der Waals surface area contributed by atoms with Crippen molar-refractivity contribution in [3.8, 4) is 0 Å². The number of primary sulfonamides is 1. The van der Waals surface area contributed by atoms with Gasteiger partial charge in [-0.05, 0) is 42.5 Å². The molecule has 2 aromatic rings. The molecule has 0 heterocycles. The van der Waals surface area contributed by atoms with Crippen molar-refractivity contribution >= 4 is 39.3 Å². The summed E-state index contributed by atoms with van der Waals surface area (Å²) in [7, 11) is -3.88. The predicted molar refractivity (Wildman–Crippen MR) is 99.1 cm³/mol. The van der Waals surface area contributed by atoms with E-state index in [1.54, 1.807) is 12.1 Å². The lowest BCUT2D eigenvalue weighted by molar-refractivity contribution is -0.146. The molecule has 0 aliphatic heterocycles. The Bertz CT molecular complexity index is 917. The molecule has 0 atom stereocenters. The first-order chi connectivity index (χ1) is 12.7. The Hall–Kier alpha value is -2.43. The molecular weight excluding hydrogens is 395 g/mol. The fourth-order valence-corrected chi connectivity index (χ4v) is 3.34. The number of hydrogen-bond acceptors (Lipinski definition) is 6. The predicted octanol–water partition coefficient (Wildman–Crippen LogP) is 2.14. The van der Waals surface area contributed by atoms with Crippen LogP contribution < -0.4 is 10.5 Å². The van der Waals surface area contributed by atoms with Gasteiger partial charge in [0.05, 0.1) is 11.3 Å².